The van der Waals surface area contributed by atoms with Gasteiger partial charge in [-0.05, 0) is 77.7 Å². The van der Waals surface area contributed by atoms with E-state index in [2.05, 4.69) is 4.74 Å². The van der Waals surface area contributed by atoms with Gasteiger partial charge >= 0.3 is 6.11 Å². The summed E-state index contributed by atoms with van der Waals surface area (Å²) in [4.78, 5) is 0. The van der Waals surface area contributed by atoms with E-state index in [1.807, 2.05) is 0 Å². The molecule has 0 heterocycles. The molecule has 41 heavy (non-hydrogen) atoms. The van der Waals surface area contributed by atoms with Crippen molar-refractivity contribution < 1.29 is 39.9 Å². The number of halogens is 8. The average molecular weight is 579 g/mol. The number of nitrogens with one attached hydrogen (secondary N) is 1. The molecule has 4 aromatic rings. The smallest absolute Gasteiger partial charge is 0.429 e. The Kier molecular flexibility index (Phi) is 8.77. The zero-order chi connectivity index (χ0) is 29.9. The Bertz CT molecular complexity index is 1530. The largest absolute Gasteiger partial charge is 0.432 e. The maximum absolute atomic E-state index is 14.9. The summed E-state index contributed by atoms with van der Waals surface area (Å²) < 4.78 is 118. The number of benzene rings is 4. The van der Waals surface area contributed by atoms with Gasteiger partial charge < -0.3 is 15.9 Å². The first kappa shape index (κ1) is 29.7. The van der Waals surface area contributed by atoms with E-state index < -0.39 is 52.3 Å². The molecule has 3 nitrogen and oxygen atoms in total. The lowest BCUT2D eigenvalue weighted by Gasteiger charge is -2.20. The van der Waals surface area contributed by atoms with Gasteiger partial charge in [0.05, 0.1) is 0 Å². The van der Waals surface area contributed by atoms with Crippen LogP contribution in [0, 0.1) is 46.2 Å². The van der Waals surface area contributed by atoms with Crippen LogP contribution in [0.15, 0.2) is 66.7 Å². The van der Waals surface area contributed by atoms with Crippen LogP contribution < -0.4 is 10.5 Å². The topological polar surface area (TPSA) is 59.1 Å². The van der Waals surface area contributed by atoms with E-state index in [0.717, 1.165) is 42.6 Å². The number of nitrogens with two attached hydrogens (primary N) is 1. The monoisotopic (exact) mass is 578 g/mol. The van der Waals surface area contributed by atoms with Gasteiger partial charge in [-0.1, -0.05) is 24.3 Å². The van der Waals surface area contributed by atoms with Gasteiger partial charge in [-0.2, -0.15) is 8.78 Å². The SMILES string of the molecule is N=CC(CN)CCc1cc(F)c(C(F)(F)Oc2ccc(-c3ccc(-c4cc(F)c(F)c(F)c4)cc3)c(F)c2)c(F)c1. The lowest BCUT2D eigenvalue weighted by Crippen LogP contribution is -2.25. The first-order chi connectivity index (χ1) is 19.4. The summed E-state index contributed by atoms with van der Waals surface area (Å²) in [5.74, 6) is -9.50. The highest BCUT2D eigenvalue weighted by atomic mass is 19.3. The summed E-state index contributed by atoms with van der Waals surface area (Å²) >= 11 is 0. The maximum atomic E-state index is 14.9. The molecule has 214 valence electrons. The minimum absolute atomic E-state index is 0.0398. The van der Waals surface area contributed by atoms with Gasteiger partial charge in [-0.25, -0.2) is 26.3 Å². The number of hydrogen-bond donors (Lipinski definition) is 2. The minimum atomic E-state index is -4.49. The summed E-state index contributed by atoms with van der Waals surface area (Å²) in [5.41, 5.74) is 4.49. The molecule has 0 aliphatic carbocycles. The lowest BCUT2D eigenvalue weighted by molar-refractivity contribution is -0.189. The van der Waals surface area contributed by atoms with Crippen molar-refractivity contribution in [3.05, 3.63) is 113 Å². The fourth-order valence-corrected chi connectivity index (χ4v) is 4.23. The molecule has 0 saturated heterocycles. The van der Waals surface area contributed by atoms with Gasteiger partial charge in [0, 0.05) is 24.1 Å². The highest BCUT2D eigenvalue weighted by molar-refractivity contribution is 5.71. The molecule has 0 aliphatic heterocycles. The standard InChI is InChI=1S/C30H22F8N2O/c31-23-13-21(41-30(37,38)28-24(32)9-16(10-25(28)33)1-2-17(14-39)15-40)7-8-22(23)19-5-3-18(4-6-19)20-11-26(34)29(36)27(35)12-20/h3-14,17,39H,1-2,15,40H2. The van der Waals surface area contributed by atoms with Crippen molar-refractivity contribution in [1.82, 2.24) is 0 Å². The lowest BCUT2D eigenvalue weighted by atomic mass is 9.99. The van der Waals surface area contributed by atoms with Crippen LogP contribution in [0.4, 0.5) is 35.1 Å². The highest BCUT2D eigenvalue weighted by Crippen LogP contribution is 2.37. The third-order valence-electron chi connectivity index (χ3n) is 6.43. The van der Waals surface area contributed by atoms with Gasteiger partial charge in [0.15, 0.2) is 17.5 Å². The van der Waals surface area contributed by atoms with Crippen molar-refractivity contribution in [2.45, 2.75) is 19.0 Å². The number of rotatable bonds is 10. The summed E-state index contributed by atoms with van der Waals surface area (Å²) in [6.07, 6.45) is -3.00. The van der Waals surface area contributed by atoms with Gasteiger partial charge in [-0.15, -0.1) is 0 Å². The van der Waals surface area contributed by atoms with Gasteiger partial charge in [0.2, 0.25) is 0 Å². The Morgan fingerprint density at radius 1 is 0.732 bits per heavy atom. The number of ether oxygens (including phenoxy) is 1. The Balaban J connectivity index is 1.52. The Morgan fingerprint density at radius 3 is 1.85 bits per heavy atom. The Hall–Kier alpha value is -4.25. The van der Waals surface area contributed by atoms with E-state index in [1.54, 1.807) is 0 Å². The third-order valence-corrected chi connectivity index (χ3v) is 6.43. The summed E-state index contributed by atoms with van der Waals surface area (Å²) in [7, 11) is 0. The predicted molar refractivity (Wildman–Crippen MR) is 138 cm³/mol. The second kappa shape index (κ2) is 12.1. The first-order valence-electron chi connectivity index (χ1n) is 12.2. The molecule has 0 spiro atoms. The van der Waals surface area contributed by atoms with E-state index in [1.165, 1.54) is 24.3 Å². The van der Waals surface area contributed by atoms with Crippen molar-refractivity contribution in [2.75, 3.05) is 6.54 Å². The maximum Gasteiger partial charge on any atom is 0.432 e. The second-order valence-electron chi connectivity index (χ2n) is 9.23. The van der Waals surface area contributed by atoms with Crippen molar-refractivity contribution in [3.8, 4) is 28.0 Å². The molecule has 4 aromatic carbocycles. The van der Waals surface area contributed by atoms with Crippen molar-refractivity contribution in [3.63, 3.8) is 0 Å². The van der Waals surface area contributed by atoms with Crippen LogP contribution in [-0.2, 0) is 12.5 Å². The quantitative estimate of drug-likeness (QED) is 0.113. The summed E-state index contributed by atoms with van der Waals surface area (Å²) in [6, 6.07) is 11.4. The van der Waals surface area contributed by atoms with Crippen LogP contribution >= 0.6 is 0 Å². The van der Waals surface area contributed by atoms with E-state index in [9.17, 15) is 35.1 Å². The molecule has 4 rings (SSSR count). The summed E-state index contributed by atoms with van der Waals surface area (Å²) in [6.45, 7) is 0.150. The summed E-state index contributed by atoms with van der Waals surface area (Å²) in [5, 5.41) is 7.24. The van der Waals surface area contributed by atoms with Crippen LogP contribution in [-0.4, -0.2) is 12.8 Å². The molecular weight excluding hydrogens is 556 g/mol. The zero-order valence-corrected chi connectivity index (χ0v) is 21.1. The highest BCUT2D eigenvalue weighted by Gasteiger charge is 2.41. The number of alkyl halides is 2. The van der Waals surface area contributed by atoms with Crippen LogP contribution in [0.3, 0.4) is 0 Å². The molecule has 0 aliphatic rings. The van der Waals surface area contributed by atoms with E-state index in [-0.39, 0.29) is 41.1 Å². The molecule has 0 fully saturated rings. The molecule has 0 aromatic heterocycles. The molecule has 1 unspecified atom stereocenters. The van der Waals surface area contributed by atoms with Crippen LogP contribution in [0.25, 0.3) is 22.3 Å². The fraction of sp³-hybridized carbons (Fsp3) is 0.167. The molecule has 1 atom stereocenters. The van der Waals surface area contributed by atoms with Gasteiger partial charge in [0.25, 0.3) is 0 Å². The van der Waals surface area contributed by atoms with Crippen molar-refractivity contribution >= 4 is 6.21 Å². The average Bonchev–Trinajstić information content (AvgIpc) is 2.91. The van der Waals surface area contributed by atoms with Crippen molar-refractivity contribution in [1.29, 1.82) is 5.41 Å². The fourth-order valence-electron chi connectivity index (χ4n) is 4.23. The molecule has 11 heteroatoms. The minimum Gasteiger partial charge on any atom is -0.429 e. The van der Waals surface area contributed by atoms with Gasteiger partial charge in [-0.3, -0.25) is 0 Å². The molecule has 0 saturated carbocycles. The second-order valence-corrected chi connectivity index (χ2v) is 9.23. The van der Waals surface area contributed by atoms with Crippen LogP contribution in [0.2, 0.25) is 0 Å². The molecule has 0 radical (unpaired) electrons. The zero-order valence-electron chi connectivity index (χ0n) is 21.1. The van der Waals surface area contributed by atoms with Crippen LogP contribution in [0.5, 0.6) is 5.75 Å². The van der Waals surface area contributed by atoms with Crippen LogP contribution in [0.1, 0.15) is 17.5 Å². The van der Waals surface area contributed by atoms with Gasteiger partial charge in [0.1, 0.15) is 28.8 Å². The number of aryl methyl sites for hydroxylation is 1. The first-order valence-corrected chi connectivity index (χ1v) is 12.2. The molecule has 0 bridgehead atoms. The predicted octanol–water partition coefficient (Wildman–Crippen LogP) is 8.14. The third kappa shape index (κ3) is 6.57. The van der Waals surface area contributed by atoms with Crippen molar-refractivity contribution in [2.24, 2.45) is 11.7 Å². The molecular formula is C30H22F8N2O. The number of hydrogen-bond acceptors (Lipinski definition) is 3. The Labute approximate surface area is 229 Å². The molecule has 0 amide bonds. The molecule has 3 N–H and O–H groups in total. The van der Waals surface area contributed by atoms with E-state index in [0.29, 0.717) is 18.1 Å². The van der Waals surface area contributed by atoms with E-state index in [4.69, 9.17) is 11.1 Å². The normalized spacial score (nSPS) is 12.3. The Morgan fingerprint density at radius 2 is 1.32 bits per heavy atom. The van der Waals surface area contributed by atoms with E-state index >= 15 is 0 Å².